The Kier molecular flexibility index (Phi) is 3.59. The normalized spacial score (nSPS) is 18.9. The number of nitrogens with zero attached hydrogens (tertiary/aromatic N) is 2. The lowest BCUT2D eigenvalue weighted by molar-refractivity contribution is -0.137. The van der Waals surface area contributed by atoms with E-state index < -0.39 is 5.97 Å². The van der Waals surface area contributed by atoms with Gasteiger partial charge in [-0.1, -0.05) is 0 Å². The van der Waals surface area contributed by atoms with Gasteiger partial charge in [-0.05, 0) is 12.8 Å². The largest absolute Gasteiger partial charge is 0.481 e. The van der Waals surface area contributed by atoms with Gasteiger partial charge in [0.15, 0.2) is 0 Å². The van der Waals surface area contributed by atoms with E-state index in [4.69, 9.17) is 5.11 Å². The van der Waals surface area contributed by atoms with Crippen molar-refractivity contribution < 1.29 is 19.5 Å². The third-order valence-corrected chi connectivity index (χ3v) is 2.97. The number of hydrogen-bond donors (Lipinski definition) is 2. The molecule has 0 radical (unpaired) electrons. The van der Waals surface area contributed by atoms with Crippen LogP contribution in [-0.2, 0) is 14.4 Å². The molecule has 0 unspecified atom stereocenters. The predicted molar refractivity (Wildman–Crippen MR) is 61.8 cm³/mol. The maximum Gasteiger partial charge on any atom is 0.305 e. The molecule has 1 fully saturated rings. The Morgan fingerprint density at radius 1 is 1.39 bits per heavy atom. The van der Waals surface area contributed by atoms with E-state index in [-0.39, 0.29) is 37.2 Å². The Bertz CT molecular complexity index is 415. The van der Waals surface area contributed by atoms with Gasteiger partial charge in [0.25, 0.3) is 5.91 Å². The van der Waals surface area contributed by atoms with Crippen molar-refractivity contribution in [2.75, 3.05) is 6.54 Å². The minimum Gasteiger partial charge on any atom is -0.481 e. The molecule has 1 heterocycles. The molecule has 2 rings (SSSR count). The van der Waals surface area contributed by atoms with Crippen LogP contribution >= 0.6 is 0 Å². The first-order chi connectivity index (χ1) is 8.58. The van der Waals surface area contributed by atoms with Gasteiger partial charge in [0, 0.05) is 25.4 Å². The molecular formula is C11H15N3O4. The van der Waals surface area contributed by atoms with Crippen LogP contribution in [0.1, 0.15) is 32.1 Å². The highest BCUT2D eigenvalue weighted by Crippen LogP contribution is 2.27. The van der Waals surface area contributed by atoms with Crippen molar-refractivity contribution in [2.45, 2.75) is 38.1 Å². The van der Waals surface area contributed by atoms with Crippen LogP contribution in [0.2, 0.25) is 0 Å². The summed E-state index contributed by atoms with van der Waals surface area (Å²) in [6, 6.07) is 0.136. The van der Waals surface area contributed by atoms with Crippen molar-refractivity contribution in [2.24, 2.45) is 5.10 Å². The maximum atomic E-state index is 12.1. The zero-order valence-electron chi connectivity index (χ0n) is 9.89. The van der Waals surface area contributed by atoms with E-state index in [9.17, 15) is 14.4 Å². The van der Waals surface area contributed by atoms with Gasteiger partial charge in [0.05, 0.1) is 6.42 Å². The van der Waals surface area contributed by atoms with Crippen molar-refractivity contribution in [1.82, 2.24) is 10.3 Å². The van der Waals surface area contributed by atoms with Gasteiger partial charge >= 0.3 is 5.97 Å². The first-order valence-corrected chi connectivity index (χ1v) is 5.96. The number of carbonyl (C=O) groups excluding carboxylic acids is 2. The molecule has 2 aliphatic rings. The third kappa shape index (κ3) is 3.06. The van der Waals surface area contributed by atoms with Gasteiger partial charge in [0.1, 0.15) is 5.71 Å². The van der Waals surface area contributed by atoms with Crippen LogP contribution in [0.3, 0.4) is 0 Å². The summed E-state index contributed by atoms with van der Waals surface area (Å²) in [5, 5.41) is 12.4. The molecule has 2 amide bonds. The van der Waals surface area contributed by atoms with Gasteiger partial charge in [0.2, 0.25) is 5.91 Å². The van der Waals surface area contributed by atoms with E-state index in [1.165, 1.54) is 0 Å². The first-order valence-electron chi connectivity index (χ1n) is 5.96. The quantitative estimate of drug-likeness (QED) is 0.703. The number of carboxylic acids is 1. The molecule has 0 bridgehead atoms. The second-order valence-electron chi connectivity index (χ2n) is 4.47. The minimum atomic E-state index is -0.924. The highest BCUT2D eigenvalue weighted by molar-refractivity contribution is 6.39. The first kappa shape index (κ1) is 12.5. The van der Waals surface area contributed by atoms with Gasteiger partial charge in [-0.15, -0.1) is 0 Å². The molecule has 0 atom stereocenters. The third-order valence-electron chi connectivity index (χ3n) is 2.97. The highest BCUT2D eigenvalue weighted by Gasteiger charge is 2.35. The minimum absolute atomic E-state index is 0.0676. The zero-order chi connectivity index (χ0) is 13.1. The molecule has 98 valence electrons. The maximum absolute atomic E-state index is 12.1. The number of carbonyl (C=O) groups is 3. The Morgan fingerprint density at radius 3 is 2.61 bits per heavy atom. The van der Waals surface area contributed by atoms with E-state index in [0.717, 1.165) is 12.8 Å². The average Bonchev–Trinajstić information content (AvgIpc) is 3.14. The molecule has 1 saturated carbocycles. The van der Waals surface area contributed by atoms with E-state index in [0.29, 0.717) is 12.1 Å². The molecule has 0 aromatic rings. The van der Waals surface area contributed by atoms with E-state index >= 15 is 0 Å². The van der Waals surface area contributed by atoms with Crippen LogP contribution in [0.4, 0.5) is 0 Å². The monoisotopic (exact) mass is 253 g/mol. The lowest BCUT2D eigenvalue weighted by Crippen LogP contribution is -2.42. The standard InChI is InChI=1S/C11H15N3O4/c15-9-4-3-8(12-13-9)11(18)14(7-1-2-7)6-5-10(16)17/h7H,1-6H2,(H,13,15)(H,16,17). The number of aliphatic carboxylic acids is 1. The fraction of sp³-hybridized carbons (Fsp3) is 0.636. The van der Waals surface area contributed by atoms with Crippen molar-refractivity contribution in [3.8, 4) is 0 Å². The molecular weight excluding hydrogens is 238 g/mol. The van der Waals surface area contributed by atoms with Crippen molar-refractivity contribution in [3.63, 3.8) is 0 Å². The summed E-state index contributed by atoms with van der Waals surface area (Å²) >= 11 is 0. The summed E-state index contributed by atoms with van der Waals surface area (Å²) < 4.78 is 0. The van der Waals surface area contributed by atoms with Crippen molar-refractivity contribution >= 4 is 23.5 Å². The summed E-state index contributed by atoms with van der Waals surface area (Å²) in [6.07, 6.45) is 2.32. The summed E-state index contributed by atoms with van der Waals surface area (Å²) in [6.45, 7) is 0.200. The Balaban J connectivity index is 1.99. The zero-order valence-corrected chi connectivity index (χ0v) is 9.89. The van der Waals surface area contributed by atoms with E-state index in [2.05, 4.69) is 10.5 Å². The van der Waals surface area contributed by atoms with Gasteiger partial charge in [-0.3, -0.25) is 14.4 Å². The lowest BCUT2D eigenvalue weighted by Gasteiger charge is -2.23. The molecule has 0 saturated heterocycles. The summed E-state index contributed by atoms with van der Waals surface area (Å²) in [4.78, 5) is 35.2. The van der Waals surface area contributed by atoms with Crippen LogP contribution in [0.25, 0.3) is 0 Å². The van der Waals surface area contributed by atoms with Crippen LogP contribution < -0.4 is 5.43 Å². The lowest BCUT2D eigenvalue weighted by atomic mass is 10.1. The second kappa shape index (κ2) is 5.16. The summed E-state index contributed by atoms with van der Waals surface area (Å²) in [5.41, 5.74) is 2.59. The molecule has 0 aromatic carbocycles. The van der Waals surface area contributed by atoms with Crippen LogP contribution in [0.5, 0.6) is 0 Å². The molecule has 1 aliphatic carbocycles. The predicted octanol–water partition coefficient (Wildman–Crippen LogP) is -0.282. The molecule has 2 N–H and O–H groups in total. The summed E-state index contributed by atoms with van der Waals surface area (Å²) in [5.74, 6) is -1.37. The van der Waals surface area contributed by atoms with E-state index in [1.54, 1.807) is 4.90 Å². The fourth-order valence-corrected chi connectivity index (χ4v) is 1.85. The van der Waals surface area contributed by atoms with Crippen LogP contribution in [0, 0.1) is 0 Å². The molecule has 7 nitrogen and oxygen atoms in total. The molecule has 7 heteroatoms. The second-order valence-corrected chi connectivity index (χ2v) is 4.47. The number of hydrazone groups is 1. The molecule has 0 aromatic heterocycles. The van der Waals surface area contributed by atoms with Crippen LogP contribution in [0.15, 0.2) is 5.10 Å². The van der Waals surface area contributed by atoms with Crippen molar-refractivity contribution in [1.29, 1.82) is 0 Å². The van der Waals surface area contributed by atoms with Gasteiger partial charge < -0.3 is 10.0 Å². The average molecular weight is 253 g/mol. The Labute approximate surface area is 104 Å². The van der Waals surface area contributed by atoms with E-state index in [1.807, 2.05) is 0 Å². The number of hydrogen-bond acceptors (Lipinski definition) is 4. The topological polar surface area (TPSA) is 99.1 Å². The number of rotatable bonds is 5. The fourth-order valence-electron chi connectivity index (χ4n) is 1.85. The van der Waals surface area contributed by atoms with Crippen LogP contribution in [-0.4, -0.2) is 46.1 Å². The SMILES string of the molecule is O=C(O)CCN(C(=O)C1=NNC(=O)CC1)C1CC1. The molecule has 1 aliphatic heterocycles. The number of carboxylic acid groups (broad SMARTS) is 1. The number of nitrogens with one attached hydrogen (secondary N) is 1. The Hall–Kier alpha value is -1.92. The highest BCUT2D eigenvalue weighted by atomic mass is 16.4. The number of amides is 2. The van der Waals surface area contributed by atoms with Gasteiger partial charge in [-0.2, -0.15) is 5.10 Å². The van der Waals surface area contributed by atoms with Crippen molar-refractivity contribution in [3.05, 3.63) is 0 Å². The molecule has 0 spiro atoms. The van der Waals surface area contributed by atoms with Gasteiger partial charge in [-0.25, -0.2) is 5.43 Å². The summed E-state index contributed by atoms with van der Waals surface area (Å²) in [7, 11) is 0. The smallest absolute Gasteiger partial charge is 0.305 e. The molecule has 18 heavy (non-hydrogen) atoms. The Morgan fingerprint density at radius 2 is 2.11 bits per heavy atom.